The SMILES string of the molecule is Cc1ccc([C@H](N)CC(F)(F)F)c(O)c1. The fraction of sp³-hybridized carbons (Fsp3) is 0.400. The van der Waals surface area contributed by atoms with E-state index in [9.17, 15) is 18.3 Å². The molecule has 3 N–H and O–H groups in total. The molecule has 0 heterocycles. The summed E-state index contributed by atoms with van der Waals surface area (Å²) in [7, 11) is 0. The van der Waals surface area contributed by atoms with Crippen molar-refractivity contribution in [3.8, 4) is 5.75 Å². The minimum Gasteiger partial charge on any atom is -0.508 e. The van der Waals surface area contributed by atoms with Gasteiger partial charge >= 0.3 is 6.18 Å². The summed E-state index contributed by atoms with van der Waals surface area (Å²) >= 11 is 0. The summed E-state index contributed by atoms with van der Waals surface area (Å²) in [6.45, 7) is 1.73. The smallest absolute Gasteiger partial charge is 0.390 e. The summed E-state index contributed by atoms with van der Waals surface area (Å²) in [4.78, 5) is 0. The van der Waals surface area contributed by atoms with Crippen LogP contribution in [0.15, 0.2) is 18.2 Å². The second-order valence-electron chi connectivity index (χ2n) is 3.49. The Kier molecular flexibility index (Phi) is 3.24. The topological polar surface area (TPSA) is 46.2 Å². The summed E-state index contributed by atoms with van der Waals surface area (Å²) in [5.74, 6) is -0.188. The lowest BCUT2D eigenvalue weighted by atomic mass is 10.0. The molecule has 0 aliphatic rings. The molecule has 5 heteroatoms. The molecule has 0 aromatic heterocycles. The summed E-state index contributed by atoms with van der Waals surface area (Å²) < 4.78 is 36.1. The van der Waals surface area contributed by atoms with Crippen LogP contribution >= 0.6 is 0 Å². The first kappa shape index (κ1) is 11.8. The molecule has 2 nitrogen and oxygen atoms in total. The number of benzene rings is 1. The van der Waals surface area contributed by atoms with Crippen molar-refractivity contribution in [1.29, 1.82) is 0 Å². The van der Waals surface area contributed by atoms with Gasteiger partial charge in [0.25, 0.3) is 0 Å². The quantitative estimate of drug-likeness (QED) is 0.803. The zero-order valence-corrected chi connectivity index (χ0v) is 8.17. The Balaban J connectivity index is 2.87. The van der Waals surface area contributed by atoms with E-state index >= 15 is 0 Å². The fourth-order valence-electron chi connectivity index (χ4n) is 1.33. The highest BCUT2D eigenvalue weighted by Crippen LogP contribution is 2.32. The molecule has 84 valence electrons. The third kappa shape index (κ3) is 3.43. The molecule has 1 aromatic carbocycles. The van der Waals surface area contributed by atoms with Crippen LogP contribution in [-0.2, 0) is 0 Å². The molecule has 0 radical (unpaired) electrons. The summed E-state index contributed by atoms with van der Waals surface area (Å²) in [6, 6.07) is 3.21. The lowest BCUT2D eigenvalue weighted by molar-refractivity contribution is -0.138. The van der Waals surface area contributed by atoms with Crippen molar-refractivity contribution in [2.75, 3.05) is 0 Å². The normalized spacial score (nSPS) is 13.9. The van der Waals surface area contributed by atoms with Gasteiger partial charge in [0.2, 0.25) is 0 Å². The molecule has 0 saturated carbocycles. The molecule has 0 spiro atoms. The van der Waals surface area contributed by atoms with E-state index in [1.807, 2.05) is 0 Å². The minimum atomic E-state index is -4.32. The van der Waals surface area contributed by atoms with Gasteiger partial charge in [0, 0.05) is 11.6 Å². The molecule has 0 aliphatic heterocycles. The van der Waals surface area contributed by atoms with Crippen LogP contribution in [0.4, 0.5) is 13.2 Å². The first-order valence-electron chi connectivity index (χ1n) is 4.41. The lowest BCUT2D eigenvalue weighted by Gasteiger charge is -2.15. The van der Waals surface area contributed by atoms with Gasteiger partial charge in [-0.05, 0) is 18.6 Å². The van der Waals surface area contributed by atoms with Crippen molar-refractivity contribution >= 4 is 0 Å². The van der Waals surface area contributed by atoms with Crippen molar-refractivity contribution in [2.24, 2.45) is 5.73 Å². The molecule has 0 fully saturated rings. The van der Waals surface area contributed by atoms with Crippen LogP contribution in [0.2, 0.25) is 0 Å². The molecule has 0 amide bonds. The van der Waals surface area contributed by atoms with E-state index in [0.717, 1.165) is 5.56 Å². The van der Waals surface area contributed by atoms with Crippen LogP contribution in [-0.4, -0.2) is 11.3 Å². The Morgan fingerprint density at radius 2 is 2.00 bits per heavy atom. The van der Waals surface area contributed by atoms with Gasteiger partial charge in [-0.1, -0.05) is 12.1 Å². The van der Waals surface area contributed by atoms with Crippen molar-refractivity contribution in [3.63, 3.8) is 0 Å². The van der Waals surface area contributed by atoms with Crippen LogP contribution in [0, 0.1) is 6.92 Å². The Bertz CT molecular complexity index is 349. The molecule has 1 aromatic rings. The first-order chi connectivity index (χ1) is 6.79. The number of halogens is 3. The number of aromatic hydroxyl groups is 1. The second kappa shape index (κ2) is 4.10. The monoisotopic (exact) mass is 219 g/mol. The zero-order chi connectivity index (χ0) is 11.6. The van der Waals surface area contributed by atoms with Gasteiger partial charge in [-0.15, -0.1) is 0 Å². The van der Waals surface area contributed by atoms with Crippen LogP contribution < -0.4 is 5.73 Å². The zero-order valence-electron chi connectivity index (χ0n) is 8.17. The van der Waals surface area contributed by atoms with Crippen molar-refractivity contribution in [2.45, 2.75) is 25.6 Å². The van der Waals surface area contributed by atoms with Gasteiger partial charge in [0.05, 0.1) is 6.42 Å². The van der Waals surface area contributed by atoms with Gasteiger partial charge in [0.15, 0.2) is 0 Å². The number of aryl methyl sites for hydroxylation is 1. The molecule has 1 atom stereocenters. The molecular formula is C10H12F3NO. The highest BCUT2D eigenvalue weighted by atomic mass is 19.4. The summed E-state index contributed by atoms with van der Waals surface area (Å²) in [5, 5.41) is 9.41. The van der Waals surface area contributed by atoms with E-state index in [1.165, 1.54) is 12.1 Å². The minimum absolute atomic E-state index is 0.123. The number of nitrogens with two attached hydrogens (primary N) is 1. The van der Waals surface area contributed by atoms with Crippen LogP contribution in [0.25, 0.3) is 0 Å². The van der Waals surface area contributed by atoms with Crippen molar-refractivity contribution in [1.82, 2.24) is 0 Å². The maximum Gasteiger partial charge on any atom is 0.390 e. The van der Waals surface area contributed by atoms with E-state index in [2.05, 4.69) is 0 Å². The highest BCUT2D eigenvalue weighted by Gasteiger charge is 2.31. The number of rotatable bonds is 2. The van der Waals surface area contributed by atoms with Gasteiger partial charge in [-0.3, -0.25) is 0 Å². The predicted molar refractivity (Wildman–Crippen MR) is 50.4 cm³/mol. The van der Waals surface area contributed by atoms with Gasteiger partial charge in [-0.2, -0.15) is 13.2 Å². The molecule has 0 saturated heterocycles. The van der Waals surface area contributed by atoms with Gasteiger partial charge < -0.3 is 10.8 Å². The maximum atomic E-state index is 12.0. The van der Waals surface area contributed by atoms with E-state index in [1.54, 1.807) is 13.0 Å². The van der Waals surface area contributed by atoms with Crippen LogP contribution in [0.5, 0.6) is 5.75 Å². The van der Waals surface area contributed by atoms with Crippen molar-refractivity contribution < 1.29 is 18.3 Å². The van der Waals surface area contributed by atoms with E-state index in [4.69, 9.17) is 5.73 Å². The van der Waals surface area contributed by atoms with E-state index < -0.39 is 18.6 Å². The molecular weight excluding hydrogens is 207 g/mol. The largest absolute Gasteiger partial charge is 0.508 e. The third-order valence-corrected chi connectivity index (χ3v) is 2.04. The number of phenols is 1. The molecule has 15 heavy (non-hydrogen) atoms. The van der Waals surface area contributed by atoms with Crippen molar-refractivity contribution in [3.05, 3.63) is 29.3 Å². The predicted octanol–water partition coefficient (Wildman–Crippen LogP) is 2.65. The molecule has 0 bridgehead atoms. The number of phenolic OH excluding ortho intramolecular Hbond substituents is 1. The van der Waals surface area contributed by atoms with Crippen LogP contribution in [0.1, 0.15) is 23.6 Å². The number of hydrogen-bond donors (Lipinski definition) is 2. The molecule has 1 rings (SSSR count). The Morgan fingerprint density at radius 3 is 2.47 bits per heavy atom. The highest BCUT2D eigenvalue weighted by molar-refractivity contribution is 5.37. The van der Waals surface area contributed by atoms with E-state index in [0.29, 0.717) is 0 Å². The standard InChI is InChI=1S/C10H12F3NO/c1-6-2-3-7(9(15)4-6)8(14)5-10(11,12)13/h2-4,8,15H,5,14H2,1H3/t8-/m1/s1. The first-order valence-corrected chi connectivity index (χ1v) is 4.41. The van der Waals surface area contributed by atoms with Crippen LogP contribution in [0.3, 0.4) is 0 Å². The maximum absolute atomic E-state index is 12.0. The van der Waals surface area contributed by atoms with Gasteiger partial charge in [-0.25, -0.2) is 0 Å². The summed E-state index contributed by atoms with van der Waals surface area (Å²) in [6.07, 6.45) is -5.46. The third-order valence-electron chi connectivity index (χ3n) is 2.04. The Hall–Kier alpha value is -1.23. The second-order valence-corrected chi connectivity index (χ2v) is 3.49. The lowest BCUT2D eigenvalue weighted by Crippen LogP contribution is -2.20. The van der Waals surface area contributed by atoms with Gasteiger partial charge in [0.1, 0.15) is 5.75 Å². The average molecular weight is 219 g/mol. The van der Waals surface area contributed by atoms with E-state index in [-0.39, 0.29) is 11.3 Å². The molecule has 0 unspecified atom stereocenters. The fourth-order valence-corrected chi connectivity index (χ4v) is 1.33. The Labute approximate surface area is 85.5 Å². The molecule has 0 aliphatic carbocycles. The average Bonchev–Trinajstić information content (AvgIpc) is 1.99. The Morgan fingerprint density at radius 1 is 1.40 bits per heavy atom. The summed E-state index contributed by atoms with van der Waals surface area (Å²) in [5.41, 5.74) is 6.25. The number of alkyl halides is 3. The number of hydrogen-bond acceptors (Lipinski definition) is 2.